The third-order valence-electron chi connectivity index (χ3n) is 6.41. The van der Waals surface area contributed by atoms with Crippen molar-refractivity contribution in [2.45, 2.75) is 58.8 Å². The minimum Gasteiger partial charge on any atom is -0.462 e. The molecule has 180 valence electrons. The summed E-state index contributed by atoms with van der Waals surface area (Å²) in [6.07, 6.45) is 5.06. The molecule has 0 saturated heterocycles. The zero-order valence-corrected chi connectivity index (χ0v) is 20.5. The Balaban J connectivity index is 1.28. The van der Waals surface area contributed by atoms with E-state index in [-0.39, 0.29) is 23.7 Å². The summed E-state index contributed by atoms with van der Waals surface area (Å²) in [4.78, 5) is 52.5. The highest BCUT2D eigenvalue weighted by Crippen LogP contribution is 2.40. The molecule has 1 atom stereocenters. The number of hydrogen-bond acceptors (Lipinski definition) is 6. The molecule has 4 rings (SSSR count). The normalized spacial score (nSPS) is 16.9. The van der Waals surface area contributed by atoms with Gasteiger partial charge in [0.05, 0.1) is 23.3 Å². The minimum atomic E-state index is -0.370. The van der Waals surface area contributed by atoms with E-state index in [1.165, 1.54) is 16.2 Å². The molecule has 1 aliphatic heterocycles. The van der Waals surface area contributed by atoms with Crippen LogP contribution in [0.4, 0.5) is 5.00 Å². The number of ether oxygens (including phenoxy) is 1. The average molecular weight is 483 g/mol. The lowest BCUT2D eigenvalue weighted by Crippen LogP contribution is -2.30. The van der Waals surface area contributed by atoms with Crippen molar-refractivity contribution in [3.63, 3.8) is 0 Å². The molecule has 1 N–H and O–H groups in total. The molecular weight excluding hydrogens is 452 g/mol. The van der Waals surface area contributed by atoms with Crippen LogP contribution in [0.5, 0.6) is 0 Å². The van der Waals surface area contributed by atoms with Crippen molar-refractivity contribution >= 4 is 40.0 Å². The second kappa shape index (κ2) is 10.5. The van der Waals surface area contributed by atoms with Crippen LogP contribution in [0.2, 0.25) is 0 Å². The number of carbonyl (C=O) groups is 4. The van der Waals surface area contributed by atoms with E-state index in [1.807, 2.05) is 0 Å². The predicted octanol–water partition coefficient (Wildman–Crippen LogP) is 4.84. The highest BCUT2D eigenvalue weighted by atomic mass is 32.1. The van der Waals surface area contributed by atoms with Crippen molar-refractivity contribution in [3.8, 4) is 0 Å². The van der Waals surface area contributed by atoms with Gasteiger partial charge in [0.25, 0.3) is 11.8 Å². The molecular formula is C26H30N2O5S. The SMILES string of the molecule is CCOC(=O)c1c(NC(=O)CCCCCN2C(=O)c3ccccc3C2=O)sc2c1CC[C@@H](C)C2. The summed E-state index contributed by atoms with van der Waals surface area (Å²) < 4.78 is 5.26. The molecule has 0 spiro atoms. The van der Waals surface area contributed by atoms with Crippen LogP contribution >= 0.6 is 11.3 Å². The Morgan fingerprint density at radius 1 is 1.12 bits per heavy atom. The molecule has 1 aliphatic carbocycles. The Kier molecular flexibility index (Phi) is 7.46. The van der Waals surface area contributed by atoms with E-state index < -0.39 is 0 Å². The van der Waals surface area contributed by atoms with Crippen LogP contribution < -0.4 is 5.32 Å². The fourth-order valence-electron chi connectivity index (χ4n) is 4.62. The summed E-state index contributed by atoms with van der Waals surface area (Å²) >= 11 is 1.49. The van der Waals surface area contributed by atoms with E-state index in [0.717, 1.165) is 29.7 Å². The first-order chi connectivity index (χ1) is 16.4. The predicted molar refractivity (Wildman–Crippen MR) is 130 cm³/mol. The zero-order valence-electron chi connectivity index (χ0n) is 19.6. The van der Waals surface area contributed by atoms with Gasteiger partial charge in [0.2, 0.25) is 5.91 Å². The molecule has 34 heavy (non-hydrogen) atoms. The van der Waals surface area contributed by atoms with Crippen molar-refractivity contribution in [3.05, 3.63) is 51.4 Å². The van der Waals surface area contributed by atoms with E-state index >= 15 is 0 Å². The quantitative estimate of drug-likeness (QED) is 0.313. The van der Waals surface area contributed by atoms with Gasteiger partial charge < -0.3 is 10.1 Å². The lowest BCUT2D eigenvalue weighted by atomic mass is 9.88. The molecule has 0 fully saturated rings. The molecule has 2 aromatic rings. The van der Waals surface area contributed by atoms with Gasteiger partial charge in [0, 0.05) is 17.8 Å². The fourth-order valence-corrected chi connectivity index (χ4v) is 6.04. The van der Waals surface area contributed by atoms with Crippen LogP contribution in [0.1, 0.15) is 87.5 Å². The number of nitrogens with zero attached hydrogens (tertiary/aromatic N) is 1. The maximum absolute atomic E-state index is 12.6. The van der Waals surface area contributed by atoms with E-state index in [9.17, 15) is 19.2 Å². The second-order valence-electron chi connectivity index (χ2n) is 8.94. The number of carbonyl (C=O) groups excluding carboxylic acids is 4. The summed E-state index contributed by atoms with van der Waals surface area (Å²) in [7, 11) is 0. The molecule has 8 heteroatoms. The van der Waals surface area contributed by atoms with Gasteiger partial charge in [0.1, 0.15) is 5.00 Å². The molecule has 0 saturated carbocycles. The Bertz CT molecular complexity index is 1090. The summed E-state index contributed by atoms with van der Waals surface area (Å²) in [6.45, 7) is 4.61. The van der Waals surface area contributed by atoms with Gasteiger partial charge in [-0.3, -0.25) is 19.3 Å². The maximum atomic E-state index is 12.6. The van der Waals surface area contributed by atoms with E-state index in [4.69, 9.17) is 4.74 Å². The highest BCUT2D eigenvalue weighted by Gasteiger charge is 2.34. The molecule has 1 aromatic carbocycles. The number of hydrogen-bond donors (Lipinski definition) is 1. The topological polar surface area (TPSA) is 92.8 Å². The van der Waals surface area contributed by atoms with Crippen LogP contribution in [0.3, 0.4) is 0 Å². The van der Waals surface area contributed by atoms with Gasteiger partial charge in [0.15, 0.2) is 0 Å². The minimum absolute atomic E-state index is 0.141. The van der Waals surface area contributed by atoms with E-state index in [2.05, 4.69) is 12.2 Å². The van der Waals surface area contributed by atoms with Crippen LogP contribution in [-0.2, 0) is 22.4 Å². The summed E-state index contributed by atoms with van der Waals surface area (Å²) in [5.41, 5.74) is 2.46. The second-order valence-corrected chi connectivity index (χ2v) is 10.0. The number of nitrogens with one attached hydrogen (secondary N) is 1. The van der Waals surface area contributed by atoms with Gasteiger partial charge in [-0.15, -0.1) is 11.3 Å². The maximum Gasteiger partial charge on any atom is 0.341 e. The van der Waals surface area contributed by atoms with Crippen LogP contribution in [0, 0.1) is 5.92 Å². The Morgan fingerprint density at radius 2 is 1.82 bits per heavy atom. The number of imide groups is 1. The van der Waals surface area contributed by atoms with Crippen LogP contribution in [0.15, 0.2) is 24.3 Å². The Morgan fingerprint density at radius 3 is 2.50 bits per heavy atom. The van der Waals surface area contributed by atoms with Crippen molar-refractivity contribution in [1.82, 2.24) is 4.90 Å². The first-order valence-electron chi connectivity index (χ1n) is 12.0. The van der Waals surface area contributed by atoms with Crippen LogP contribution in [-0.4, -0.2) is 41.7 Å². The number of benzene rings is 1. The van der Waals surface area contributed by atoms with Gasteiger partial charge >= 0.3 is 5.97 Å². The lowest BCUT2D eigenvalue weighted by molar-refractivity contribution is -0.116. The number of thiophene rings is 1. The van der Waals surface area contributed by atoms with E-state index in [0.29, 0.717) is 66.4 Å². The number of esters is 1. The van der Waals surface area contributed by atoms with Crippen LogP contribution in [0.25, 0.3) is 0 Å². The van der Waals surface area contributed by atoms with Gasteiger partial charge in [-0.1, -0.05) is 25.5 Å². The number of unbranched alkanes of at least 4 members (excludes halogenated alkanes) is 2. The molecule has 2 aliphatic rings. The zero-order chi connectivity index (χ0) is 24.2. The number of rotatable bonds is 9. The monoisotopic (exact) mass is 482 g/mol. The lowest BCUT2D eigenvalue weighted by Gasteiger charge is -2.18. The number of fused-ring (bicyclic) bond motifs is 2. The van der Waals surface area contributed by atoms with Gasteiger partial charge in [-0.25, -0.2) is 4.79 Å². The molecule has 7 nitrogen and oxygen atoms in total. The number of anilines is 1. The first kappa shape index (κ1) is 24.1. The largest absolute Gasteiger partial charge is 0.462 e. The first-order valence-corrected chi connectivity index (χ1v) is 12.8. The smallest absolute Gasteiger partial charge is 0.341 e. The van der Waals surface area contributed by atoms with Gasteiger partial charge in [-0.05, 0) is 62.6 Å². The average Bonchev–Trinajstić information content (AvgIpc) is 3.28. The molecule has 0 bridgehead atoms. The summed E-state index contributed by atoms with van der Waals surface area (Å²) in [6, 6.07) is 6.86. The van der Waals surface area contributed by atoms with E-state index in [1.54, 1.807) is 31.2 Å². The third kappa shape index (κ3) is 4.92. The molecule has 0 unspecified atom stereocenters. The van der Waals surface area contributed by atoms with Crippen molar-refractivity contribution in [1.29, 1.82) is 0 Å². The fraction of sp³-hybridized carbons (Fsp3) is 0.462. The van der Waals surface area contributed by atoms with Crippen molar-refractivity contribution in [2.75, 3.05) is 18.5 Å². The number of amides is 3. The van der Waals surface area contributed by atoms with Gasteiger partial charge in [-0.2, -0.15) is 0 Å². The molecule has 2 heterocycles. The third-order valence-corrected chi connectivity index (χ3v) is 7.58. The van der Waals surface area contributed by atoms with Crippen molar-refractivity contribution < 1.29 is 23.9 Å². The Hall–Kier alpha value is -3.00. The Labute approximate surface area is 203 Å². The molecule has 3 amide bonds. The standard InChI is InChI=1S/C26H30N2O5S/c1-3-33-26(32)22-19-13-12-16(2)15-20(19)34-23(22)27-21(29)11-5-4-8-14-28-24(30)17-9-6-7-10-18(17)25(28)31/h6-7,9-10,16H,3-5,8,11-15H2,1-2H3,(H,27,29)/t16-/m1/s1. The molecule has 0 radical (unpaired) electrons. The van der Waals surface area contributed by atoms with Crippen molar-refractivity contribution in [2.24, 2.45) is 5.92 Å². The summed E-state index contributed by atoms with van der Waals surface area (Å²) in [5.74, 6) is -0.447. The molecule has 1 aromatic heterocycles. The highest BCUT2D eigenvalue weighted by molar-refractivity contribution is 7.17. The summed E-state index contributed by atoms with van der Waals surface area (Å²) in [5, 5.41) is 3.53.